The SMILES string of the molecule is C[C@@H](CCc1ccccc1)NC(=O)COc1cc(=O)n(C)c2ccccc12. The van der Waals surface area contributed by atoms with E-state index in [0.717, 1.165) is 23.7 Å². The molecule has 3 aromatic rings. The van der Waals surface area contributed by atoms with Crippen LogP contribution < -0.4 is 15.6 Å². The van der Waals surface area contributed by atoms with Gasteiger partial charge in [0.05, 0.1) is 5.52 Å². The van der Waals surface area contributed by atoms with E-state index < -0.39 is 0 Å². The number of amides is 1. The molecular formula is C22H24N2O3. The van der Waals surface area contributed by atoms with Crippen molar-refractivity contribution in [2.24, 2.45) is 7.05 Å². The zero-order valence-electron chi connectivity index (χ0n) is 15.6. The van der Waals surface area contributed by atoms with E-state index in [4.69, 9.17) is 4.74 Å². The van der Waals surface area contributed by atoms with Gasteiger partial charge in [-0.3, -0.25) is 9.59 Å². The fraction of sp³-hybridized carbons (Fsp3) is 0.273. The van der Waals surface area contributed by atoms with Gasteiger partial charge in [0.25, 0.3) is 11.5 Å². The molecule has 0 unspecified atom stereocenters. The molecule has 1 atom stereocenters. The molecular weight excluding hydrogens is 340 g/mol. The minimum Gasteiger partial charge on any atom is -0.483 e. The first-order valence-corrected chi connectivity index (χ1v) is 9.09. The molecule has 140 valence electrons. The zero-order chi connectivity index (χ0) is 19.2. The Morgan fingerprint density at radius 3 is 2.59 bits per heavy atom. The molecule has 0 fully saturated rings. The summed E-state index contributed by atoms with van der Waals surface area (Å²) in [6, 6.07) is 19.1. The number of benzene rings is 2. The van der Waals surface area contributed by atoms with Crippen LogP contribution in [0.4, 0.5) is 0 Å². The fourth-order valence-corrected chi connectivity index (χ4v) is 3.06. The molecule has 1 aromatic heterocycles. The maximum Gasteiger partial charge on any atom is 0.258 e. The van der Waals surface area contributed by atoms with Gasteiger partial charge in [-0.05, 0) is 37.5 Å². The number of rotatable bonds is 7. The highest BCUT2D eigenvalue weighted by atomic mass is 16.5. The van der Waals surface area contributed by atoms with Crippen LogP contribution in [0.15, 0.2) is 65.5 Å². The second kappa shape index (κ2) is 8.54. The first-order chi connectivity index (χ1) is 13.0. The second-order valence-corrected chi connectivity index (χ2v) is 6.70. The zero-order valence-corrected chi connectivity index (χ0v) is 15.6. The van der Waals surface area contributed by atoms with Gasteiger partial charge in [-0.25, -0.2) is 0 Å². The van der Waals surface area contributed by atoms with Crippen molar-refractivity contribution in [1.82, 2.24) is 9.88 Å². The predicted molar refractivity (Wildman–Crippen MR) is 107 cm³/mol. The molecule has 5 nitrogen and oxygen atoms in total. The Bertz CT molecular complexity index is 980. The topological polar surface area (TPSA) is 60.3 Å². The Kier molecular flexibility index (Phi) is 5.91. The van der Waals surface area contributed by atoms with Crippen LogP contribution in [0.1, 0.15) is 18.9 Å². The number of hydrogen-bond acceptors (Lipinski definition) is 3. The van der Waals surface area contributed by atoms with E-state index >= 15 is 0 Å². The lowest BCUT2D eigenvalue weighted by Gasteiger charge is -2.15. The molecule has 0 bridgehead atoms. The van der Waals surface area contributed by atoms with Gasteiger partial charge in [-0.15, -0.1) is 0 Å². The Morgan fingerprint density at radius 1 is 1.11 bits per heavy atom. The highest BCUT2D eigenvalue weighted by molar-refractivity contribution is 5.86. The predicted octanol–water partition coefficient (Wildman–Crippen LogP) is 3.05. The Hall–Kier alpha value is -3.08. The molecule has 27 heavy (non-hydrogen) atoms. The van der Waals surface area contributed by atoms with Crippen LogP contribution in [0.25, 0.3) is 10.9 Å². The summed E-state index contributed by atoms with van der Waals surface area (Å²) in [7, 11) is 1.72. The number of nitrogens with zero attached hydrogens (tertiary/aromatic N) is 1. The number of pyridine rings is 1. The average Bonchev–Trinajstić information content (AvgIpc) is 2.69. The molecule has 0 aliphatic carbocycles. The standard InChI is InChI=1S/C22H24N2O3/c1-16(12-13-17-8-4-3-5-9-17)23-21(25)15-27-20-14-22(26)24(2)19-11-7-6-10-18(19)20/h3-11,14,16H,12-13,15H2,1-2H3,(H,23,25)/t16-/m0/s1. The third-order valence-electron chi connectivity index (χ3n) is 4.59. The quantitative estimate of drug-likeness (QED) is 0.701. The van der Waals surface area contributed by atoms with Gasteiger partial charge in [-0.2, -0.15) is 0 Å². The Morgan fingerprint density at radius 2 is 1.81 bits per heavy atom. The van der Waals surface area contributed by atoms with E-state index in [2.05, 4.69) is 17.4 Å². The first-order valence-electron chi connectivity index (χ1n) is 9.09. The van der Waals surface area contributed by atoms with Gasteiger partial charge < -0.3 is 14.6 Å². The van der Waals surface area contributed by atoms with E-state index in [9.17, 15) is 9.59 Å². The Labute approximate surface area is 158 Å². The number of nitrogens with one attached hydrogen (secondary N) is 1. The van der Waals surface area contributed by atoms with Crippen molar-refractivity contribution in [1.29, 1.82) is 0 Å². The van der Waals surface area contributed by atoms with Crippen LogP contribution in [0.2, 0.25) is 0 Å². The number of carbonyl (C=O) groups excluding carboxylic acids is 1. The van der Waals surface area contributed by atoms with Crippen molar-refractivity contribution in [2.75, 3.05) is 6.61 Å². The smallest absolute Gasteiger partial charge is 0.258 e. The number of carbonyl (C=O) groups is 1. The van der Waals surface area contributed by atoms with Crippen molar-refractivity contribution < 1.29 is 9.53 Å². The van der Waals surface area contributed by atoms with Crippen LogP contribution >= 0.6 is 0 Å². The van der Waals surface area contributed by atoms with Crippen LogP contribution in [0, 0.1) is 0 Å². The largest absolute Gasteiger partial charge is 0.483 e. The third kappa shape index (κ3) is 4.76. The summed E-state index contributed by atoms with van der Waals surface area (Å²) in [4.78, 5) is 24.3. The molecule has 5 heteroatoms. The van der Waals surface area contributed by atoms with Gasteiger partial charge in [0.2, 0.25) is 0 Å². The summed E-state index contributed by atoms with van der Waals surface area (Å²) in [5.74, 6) is 0.237. The normalized spacial score (nSPS) is 11.9. The summed E-state index contributed by atoms with van der Waals surface area (Å²) in [5.41, 5.74) is 1.86. The minimum atomic E-state index is -0.194. The van der Waals surface area contributed by atoms with Crippen LogP contribution in [0.5, 0.6) is 5.75 Å². The van der Waals surface area contributed by atoms with Gasteiger partial charge in [-0.1, -0.05) is 42.5 Å². The maximum absolute atomic E-state index is 12.2. The molecule has 0 saturated carbocycles. The van der Waals surface area contributed by atoms with Gasteiger partial charge in [0, 0.05) is 24.5 Å². The van der Waals surface area contributed by atoms with E-state index in [-0.39, 0.29) is 24.1 Å². The minimum absolute atomic E-state index is 0.0432. The molecule has 0 radical (unpaired) electrons. The molecule has 2 aromatic carbocycles. The summed E-state index contributed by atoms with van der Waals surface area (Å²) in [6.07, 6.45) is 1.76. The van der Waals surface area contributed by atoms with Crippen molar-refractivity contribution in [3.05, 3.63) is 76.6 Å². The van der Waals surface area contributed by atoms with Crippen LogP contribution in [0.3, 0.4) is 0 Å². The lowest BCUT2D eigenvalue weighted by molar-refractivity contribution is -0.123. The average molecular weight is 364 g/mol. The Balaban J connectivity index is 1.57. The molecule has 0 saturated heterocycles. The second-order valence-electron chi connectivity index (χ2n) is 6.70. The molecule has 1 heterocycles. The number of para-hydroxylation sites is 1. The summed E-state index contributed by atoms with van der Waals surface area (Å²) >= 11 is 0. The van der Waals surface area contributed by atoms with Gasteiger partial charge in [0.1, 0.15) is 5.75 Å². The highest BCUT2D eigenvalue weighted by Gasteiger charge is 2.11. The number of aromatic nitrogens is 1. The molecule has 0 spiro atoms. The van der Waals surface area contributed by atoms with Crippen molar-refractivity contribution >= 4 is 16.8 Å². The molecule has 3 rings (SSSR count). The summed E-state index contributed by atoms with van der Waals surface area (Å²) in [6.45, 7) is 1.86. The van der Waals surface area contributed by atoms with Gasteiger partial charge in [0.15, 0.2) is 6.61 Å². The number of ether oxygens (including phenoxy) is 1. The van der Waals surface area contributed by atoms with Crippen molar-refractivity contribution in [2.45, 2.75) is 25.8 Å². The van der Waals surface area contributed by atoms with E-state index in [1.165, 1.54) is 11.6 Å². The number of fused-ring (bicyclic) bond motifs is 1. The lowest BCUT2D eigenvalue weighted by Crippen LogP contribution is -2.36. The van der Waals surface area contributed by atoms with E-state index in [0.29, 0.717) is 5.75 Å². The first kappa shape index (κ1) is 18.7. The van der Waals surface area contributed by atoms with Gasteiger partial charge >= 0.3 is 0 Å². The van der Waals surface area contributed by atoms with Crippen molar-refractivity contribution in [3.8, 4) is 5.75 Å². The molecule has 0 aliphatic rings. The van der Waals surface area contributed by atoms with Crippen LogP contribution in [-0.2, 0) is 18.3 Å². The maximum atomic E-state index is 12.2. The van der Waals surface area contributed by atoms with E-state index in [1.807, 2.05) is 49.4 Å². The molecule has 1 N–H and O–H groups in total. The fourth-order valence-electron chi connectivity index (χ4n) is 3.06. The lowest BCUT2D eigenvalue weighted by atomic mass is 10.1. The monoisotopic (exact) mass is 364 g/mol. The highest BCUT2D eigenvalue weighted by Crippen LogP contribution is 2.22. The number of hydrogen-bond donors (Lipinski definition) is 1. The molecule has 1 amide bonds. The summed E-state index contributed by atoms with van der Waals surface area (Å²) in [5, 5.41) is 3.76. The molecule has 0 aliphatic heterocycles. The van der Waals surface area contributed by atoms with Crippen LogP contribution in [-0.4, -0.2) is 23.1 Å². The van der Waals surface area contributed by atoms with E-state index in [1.54, 1.807) is 11.6 Å². The third-order valence-corrected chi connectivity index (χ3v) is 4.59. The van der Waals surface area contributed by atoms with Crippen molar-refractivity contribution in [3.63, 3.8) is 0 Å². The summed E-state index contributed by atoms with van der Waals surface area (Å²) < 4.78 is 7.22. The number of aryl methyl sites for hydroxylation is 2.